The summed E-state index contributed by atoms with van der Waals surface area (Å²) in [5.74, 6) is -1.53. The molecule has 5 nitrogen and oxygen atoms in total. The molecular formula is C26H21ClFN2O3P. The number of carbonyl (C=O) groups excluding carboxylic acids is 1. The molecule has 2 N–H and O–H groups in total. The van der Waals surface area contributed by atoms with E-state index in [2.05, 4.69) is 0 Å². The van der Waals surface area contributed by atoms with Crippen molar-refractivity contribution in [3.05, 3.63) is 131 Å². The third-order valence-corrected chi connectivity index (χ3v) is 10.3. The zero-order valence-corrected chi connectivity index (χ0v) is 19.6. The highest BCUT2D eigenvalue weighted by Crippen LogP contribution is 2.66. The highest BCUT2D eigenvalue weighted by molar-refractivity contribution is 7.96. The fraction of sp³-hybridized carbons (Fsp3) is 0.0385. The fourth-order valence-electron chi connectivity index (χ4n) is 4.29. The van der Waals surface area contributed by atoms with Crippen LogP contribution in [0.3, 0.4) is 0 Å². The van der Waals surface area contributed by atoms with Crippen LogP contribution < -0.4 is 34.1 Å². The van der Waals surface area contributed by atoms with Gasteiger partial charge in [-0.1, -0.05) is 54.6 Å². The van der Waals surface area contributed by atoms with E-state index in [0.29, 0.717) is 0 Å². The van der Waals surface area contributed by atoms with E-state index >= 15 is 4.39 Å². The van der Waals surface area contributed by atoms with Crippen molar-refractivity contribution in [3.8, 4) is 0 Å². The van der Waals surface area contributed by atoms with Crippen molar-refractivity contribution in [2.24, 2.45) is 5.73 Å². The summed E-state index contributed by atoms with van der Waals surface area (Å²) >= 11 is 0. The van der Waals surface area contributed by atoms with E-state index in [1.165, 1.54) is 12.1 Å². The summed E-state index contributed by atoms with van der Waals surface area (Å²) in [6.07, 6.45) is 0. The lowest BCUT2D eigenvalue weighted by molar-refractivity contribution is -0.385. The molecule has 8 heteroatoms. The Balaban J connectivity index is 0.00000324. The lowest BCUT2D eigenvalue weighted by Crippen LogP contribution is -3.00. The first kappa shape index (κ1) is 25.0. The number of carbonyl (C=O) groups is 1. The number of non-ortho nitro benzene ring substituents is 1. The Labute approximate surface area is 203 Å². The first-order valence-electron chi connectivity index (χ1n) is 10.2. The van der Waals surface area contributed by atoms with Gasteiger partial charge in [0.2, 0.25) is 0 Å². The minimum Gasteiger partial charge on any atom is -1.00 e. The predicted octanol–water partition coefficient (Wildman–Crippen LogP) is 1.26. The van der Waals surface area contributed by atoms with Crippen LogP contribution in [0.4, 0.5) is 10.1 Å². The Morgan fingerprint density at radius 1 is 0.794 bits per heavy atom. The van der Waals surface area contributed by atoms with Crippen LogP contribution in [-0.4, -0.2) is 10.8 Å². The number of benzene rings is 4. The first-order valence-corrected chi connectivity index (χ1v) is 12.1. The van der Waals surface area contributed by atoms with Crippen LogP contribution in [0.1, 0.15) is 11.2 Å². The van der Waals surface area contributed by atoms with Crippen LogP contribution in [0.5, 0.6) is 0 Å². The summed E-state index contributed by atoms with van der Waals surface area (Å²) in [5.41, 5.74) is 4.60. The van der Waals surface area contributed by atoms with Gasteiger partial charge in [0.05, 0.1) is 11.0 Å². The van der Waals surface area contributed by atoms with E-state index in [1.54, 1.807) is 0 Å². The van der Waals surface area contributed by atoms with Gasteiger partial charge in [0.15, 0.2) is 5.66 Å². The molecule has 0 fully saturated rings. The smallest absolute Gasteiger partial charge is 0.272 e. The number of nitro benzene ring substituents is 1. The summed E-state index contributed by atoms with van der Waals surface area (Å²) in [4.78, 5) is 23.7. The second-order valence-electron chi connectivity index (χ2n) is 7.50. The molecule has 0 saturated heterocycles. The summed E-state index contributed by atoms with van der Waals surface area (Å²) < 4.78 is 15.4. The van der Waals surface area contributed by atoms with E-state index in [-0.39, 0.29) is 23.7 Å². The van der Waals surface area contributed by atoms with Gasteiger partial charge in [-0.2, -0.15) is 0 Å². The summed E-state index contributed by atoms with van der Waals surface area (Å²) in [5, 5.41) is 13.7. The number of nitro groups is 1. The molecule has 0 aromatic heterocycles. The van der Waals surface area contributed by atoms with Crippen molar-refractivity contribution in [2.45, 2.75) is 5.66 Å². The van der Waals surface area contributed by atoms with Crippen molar-refractivity contribution in [1.29, 1.82) is 0 Å². The lowest BCUT2D eigenvalue weighted by atomic mass is 10.1. The van der Waals surface area contributed by atoms with Crippen molar-refractivity contribution in [2.75, 3.05) is 0 Å². The van der Waals surface area contributed by atoms with E-state index in [1.807, 2.05) is 91.0 Å². The maximum atomic E-state index is 15.4. The van der Waals surface area contributed by atoms with Gasteiger partial charge < -0.3 is 18.1 Å². The monoisotopic (exact) mass is 494 g/mol. The number of primary amides is 1. The molecule has 34 heavy (non-hydrogen) atoms. The summed E-state index contributed by atoms with van der Waals surface area (Å²) in [7, 11) is -2.89. The maximum absolute atomic E-state index is 15.4. The number of rotatable bonds is 7. The number of nitrogens with zero attached hydrogens (tertiary/aromatic N) is 1. The van der Waals surface area contributed by atoms with Gasteiger partial charge in [0, 0.05) is 11.6 Å². The minimum absolute atomic E-state index is 0. The third-order valence-electron chi connectivity index (χ3n) is 5.64. The van der Waals surface area contributed by atoms with Gasteiger partial charge in [0.1, 0.15) is 29.0 Å². The summed E-state index contributed by atoms with van der Waals surface area (Å²) in [6, 6.07) is 31.8. The third kappa shape index (κ3) is 4.43. The Bertz CT molecular complexity index is 1190. The molecule has 172 valence electrons. The Morgan fingerprint density at radius 2 is 1.21 bits per heavy atom. The molecule has 0 saturated carbocycles. The van der Waals surface area contributed by atoms with E-state index in [4.69, 9.17) is 5.73 Å². The SMILES string of the molecule is NC(=O)C(c1ccc([N+](=O)[O-])cc1F)[P+](c1ccccc1)(c1ccccc1)c1ccccc1.[Cl-]. The molecule has 0 bridgehead atoms. The maximum Gasteiger partial charge on any atom is 0.272 e. The number of halogens is 2. The largest absolute Gasteiger partial charge is 1.00 e. The van der Waals surface area contributed by atoms with Crippen molar-refractivity contribution in [3.63, 3.8) is 0 Å². The number of amides is 1. The second-order valence-corrected chi connectivity index (χ2v) is 11.0. The molecule has 1 amide bonds. The molecule has 0 heterocycles. The van der Waals surface area contributed by atoms with Crippen LogP contribution in [0.15, 0.2) is 109 Å². The van der Waals surface area contributed by atoms with Crippen LogP contribution in [0, 0.1) is 15.9 Å². The van der Waals surface area contributed by atoms with Gasteiger partial charge in [-0.05, 0) is 42.5 Å². The van der Waals surface area contributed by atoms with Gasteiger partial charge >= 0.3 is 0 Å². The minimum atomic E-state index is -2.89. The molecule has 4 aromatic carbocycles. The number of hydrogen-bond donors (Lipinski definition) is 1. The number of hydrogen-bond acceptors (Lipinski definition) is 3. The normalized spacial score (nSPS) is 11.8. The highest BCUT2D eigenvalue weighted by atomic mass is 35.5. The topological polar surface area (TPSA) is 86.2 Å². The van der Waals surface area contributed by atoms with Crippen LogP contribution in [-0.2, 0) is 4.79 Å². The van der Waals surface area contributed by atoms with Gasteiger partial charge in [0.25, 0.3) is 11.6 Å². The molecule has 0 radical (unpaired) electrons. The molecule has 1 atom stereocenters. The molecular weight excluding hydrogens is 474 g/mol. The van der Waals surface area contributed by atoms with Crippen molar-refractivity contribution in [1.82, 2.24) is 0 Å². The Kier molecular flexibility index (Phi) is 7.77. The van der Waals surface area contributed by atoms with Crippen LogP contribution >= 0.6 is 7.26 Å². The van der Waals surface area contributed by atoms with Gasteiger partial charge in [-0.25, -0.2) is 4.39 Å². The first-order chi connectivity index (χ1) is 16.0. The molecule has 0 aliphatic carbocycles. The van der Waals surface area contributed by atoms with Gasteiger partial charge in [-0.3, -0.25) is 14.9 Å². The highest BCUT2D eigenvalue weighted by Gasteiger charge is 2.56. The van der Waals surface area contributed by atoms with Crippen LogP contribution in [0.2, 0.25) is 0 Å². The van der Waals surface area contributed by atoms with E-state index in [9.17, 15) is 14.9 Å². The fourth-order valence-corrected chi connectivity index (χ4v) is 9.01. The lowest BCUT2D eigenvalue weighted by Gasteiger charge is -2.33. The van der Waals surface area contributed by atoms with Crippen molar-refractivity contribution < 1.29 is 26.5 Å². The van der Waals surface area contributed by atoms with Gasteiger partial charge in [-0.15, -0.1) is 0 Å². The van der Waals surface area contributed by atoms with E-state index in [0.717, 1.165) is 22.0 Å². The molecule has 1 unspecified atom stereocenters. The van der Waals surface area contributed by atoms with Crippen molar-refractivity contribution >= 4 is 34.8 Å². The molecule has 4 aromatic rings. The Morgan fingerprint density at radius 3 is 1.53 bits per heavy atom. The second kappa shape index (κ2) is 10.6. The molecule has 0 spiro atoms. The quantitative estimate of drug-likeness (QED) is 0.238. The molecule has 4 rings (SSSR count). The summed E-state index contributed by atoms with van der Waals surface area (Å²) in [6.45, 7) is 0. The zero-order valence-electron chi connectivity index (χ0n) is 17.9. The van der Waals surface area contributed by atoms with E-state index < -0.39 is 29.6 Å². The average molecular weight is 495 g/mol. The number of nitrogens with two attached hydrogens (primary N) is 1. The molecule has 0 aliphatic rings. The predicted molar refractivity (Wildman–Crippen MR) is 130 cm³/mol. The standard InChI is InChI=1S/C26H20FN2O3P.ClH/c27-24-18-19(29(31)32)16-17-23(24)25(26(28)30)33(20-10-4-1-5-11-20,21-12-6-2-7-13-21)22-14-8-3-9-15-22;/h1-18,25H,(H-,28,30);1H. The van der Waals surface area contributed by atoms with Crippen LogP contribution in [0.25, 0.3) is 0 Å². The Hall–Kier alpha value is -3.60. The average Bonchev–Trinajstić information content (AvgIpc) is 2.84. The molecule has 0 aliphatic heterocycles. The zero-order chi connectivity index (χ0) is 23.4.